The van der Waals surface area contributed by atoms with Crippen LogP contribution >= 0.6 is 0 Å². The van der Waals surface area contributed by atoms with Gasteiger partial charge < -0.3 is 10.4 Å². The molecule has 1 aromatic rings. The van der Waals surface area contributed by atoms with Crippen LogP contribution in [0.5, 0.6) is 0 Å². The molecule has 1 atom stereocenters. The zero-order valence-corrected chi connectivity index (χ0v) is 11.5. The molecule has 1 unspecified atom stereocenters. The maximum absolute atomic E-state index is 13.1. The summed E-state index contributed by atoms with van der Waals surface area (Å²) in [5.41, 5.74) is 2.02. The number of hydrogen-bond donors (Lipinski definition) is 2. The molecule has 18 heavy (non-hydrogen) atoms. The van der Waals surface area contributed by atoms with Crippen molar-refractivity contribution in [1.29, 1.82) is 0 Å². The second-order valence-electron chi connectivity index (χ2n) is 4.85. The Labute approximate surface area is 109 Å². The molecule has 0 heterocycles. The van der Waals surface area contributed by atoms with Crippen molar-refractivity contribution in [3.63, 3.8) is 0 Å². The molecule has 0 aliphatic heterocycles. The topological polar surface area (TPSA) is 32.3 Å². The molecule has 2 N–H and O–H groups in total. The zero-order valence-electron chi connectivity index (χ0n) is 11.5. The van der Waals surface area contributed by atoms with Gasteiger partial charge in [0.05, 0.1) is 6.10 Å². The third-order valence-electron chi connectivity index (χ3n) is 3.57. The Balaban J connectivity index is 2.44. The first-order chi connectivity index (χ1) is 8.58. The fraction of sp³-hybridized carbons (Fsp3) is 0.600. The second kappa shape index (κ2) is 7.49. The largest absolute Gasteiger partial charge is 0.392 e. The maximum atomic E-state index is 13.1. The Kier molecular flexibility index (Phi) is 6.30. The normalized spacial score (nSPS) is 13.0. The van der Waals surface area contributed by atoms with Crippen LogP contribution in [0.1, 0.15) is 37.8 Å². The first-order valence-electron chi connectivity index (χ1n) is 6.72. The first-order valence-corrected chi connectivity index (χ1v) is 6.72. The van der Waals surface area contributed by atoms with E-state index in [-0.39, 0.29) is 11.9 Å². The predicted octanol–water partition coefficient (Wildman–Crippen LogP) is 3.02. The van der Waals surface area contributed by atoms with Crippen molar-refractivity contribution in [3.05, 3.63) is 35.1 Å². The predicted molar refractivity (Wildman–Crippen MR) is 72.9 cm³/mol. The molecule has 0 bridgehead atoms. The Morgan fingerprint density at radius 3 is 2.56 bits per heavy atom. The molecule has 0 saturated carbocycles. The van der Waals surface area contributed by atoms with Crippen LogP contribution < -0.4 is 5.32 Å². The van der Waals surface area contributed by atoms with Crippen molar-refractivity contribution in [1.82, 2.24) is 5.32 Å². The number of halogens is 1. The van der Waals surface area contributed by atoms with Crippen molar-refractivity contribution in [2.24, 2.45) is 5.92 Å². The van der Waals surface area contributed by atoms with Gasteiger partial charge in [0.25, 0.3) is 0 Å². The summed E-state index contributed by atoms with van der Waals surface area (Å²) >= 11 is 0. The monoisotopic (exact) mass is 253 g/mol. The molecule has 1 rings (SSSR count). The van der Waals surface area contributed by atoms with E-state index in [0.29, 0.717) is 19.0 Å². The molecule has 102 valence electrons. The lowest BCUT2D eigenvalue weighted by Crippen LogP contribution is -2.32. The SMILES string of the molecule is CCC(CC)C(O)CNCc1cc(F)ccc1C. The summed E-state index contributed by atoms with van der Waals surface area (Å²) in [6.07, 6.45) is 1.64. The minimum atomic E-state index is -0.325. The fourth-order valence-corrected chi connectivity index (χ4v) is 2.18. The van der Waals surface area contributed by atoms with Gasteiger partial charge in [0.2, 0.25) is 0 Å². The molecule has 1 aromatic carbocycles. The molecule has 0 saturated heterocycles. The van der Waals surface area contributed by atoms with Gasteiger partial charge in [0, 0.05) is 13.1 Å². The molecule has 0 spiro atoms. The van der Waals surface area contributed by atoms with Crippen molar-refractivity contribution in [2.45, 2.75) is 46.3 Å². The van der Waals surface area contributed by atoms with Crippen LogP contribution in [0, 0.1) is 18.7 Å². The number of aryl methyl sites for hydroxylation is 1. The minimum absolute atomic E-state index is 0.210. The Bertz CT molecular complexity index is 364. The zero-order chi connectivity index (χ0) is 13.5. The van der Waals surface area contributed by atoms with E-state index >= 15 is 0 Å². The van der Waals surface area contributed by atoms with E-state index in [2.05, 4.69) is 19.2 Å². The third-order valence-corrected chi connectivity index (χ3v) is 3.57. The molecule has 2 nitrogen and oxygen atoms in total. The highest BCUT2D eigenvalue weighted by Crippen LogP contribution is 2.13. The number of hydrogen-bond acceptors (Lipinski definition) is 2. The van der Waals surface area contributed by atoms with Gasteiger partial charge in [0.15, 0.2) is 0 Å². The van der Waals surface area contributed by atoms with E-state index in [0.717, 1.165) is 24.0 Å². The summed E-state index contributed by atoms with van der Waals surface area (Å²) in [7, 11) is 0. The van der Waals surface area contributed by atoms with Crippen LogP contribution in [0.25, 0.3) is 0 Å². The highest BCUT2D eigenvalue weighted by Gasteiger charge is 2.14. The summed E-state index contributed by atoms with van der Waals surface area (Å²) in [4.78, 5) is 0. The minimum Gasteiger partial charge on any atom is -0.392 e. The summed E-state index contributed by atoms with van der Waals surface area (Å²) in [5.74, 6) is 0.129. The van der Waals surface area contributed by atoms with Crippen molar-refractivity contribution >= 4 is 0 Å². The van der Waals surface area contributed by atoms with Crippen LogP contribution in [0.3, 0.4) is 0 Å². The fourth-order valence-electron chi connectivity index (χ4n) is 2.18. The van der Waals surface area contributed by atoms with E-state index in [1.807, 2.05) is 6.92 Å². The van der Waals surface area contributed by atoms with Crippen LogP contribution in [-0.2, 0) is 6.54 Å². The third kappa shape index (κ3) is 4.39. The van der Waals surface area contributed by atoms with E-state index in [1.165, 1.54) is 6.07 Å². The van der Waals surface area contributed by atoms with E-state index in [4.69, 9.17) is 0 Å². The molecule has 3 heteroatoms. The highest BCUT2D eigenvalue weighted by molar-refractivity contribution is 5.26. The van der Waals surface area contributed by atoms with E-state index < -0.39 is 0 Å². The Hall–Kier alpha value is -0.930. The lowest BCUT2D eigenvalue weighted by atomic mass is 9.96. The van der Waals surface area contributed by atoms with E-state index in [9.17, 15) is 9.50 Å². The quantitative estimate of drug-likeness (QED) is 0.783. The highest BCUT2D eigenvalue weighted by atomic mass is 19.1. The van der Waals surface area contributed by atoms with Crippen LogP contribution in [0.2, 0.25) is 0 Å². The van der Waals surface area contributed by atoms with Gasteiger partial charge >= 0.3 is 0 Å². The maximum Gasteiger partial charge on any atom is 0.123 e. The standard InChI is InChI=1S/C15H24FNO/c1-4-12(5-2)15(18)10-17-9-13-8-14(16)7-6-11(13)3/h6-8,12,15,17-18H,4-5,9-10H2,1-3H3. The molecular formula is C15H24FNO. The average molecular weight is 253 g/mol. The Morgan fingerprint density at radius 2 is 1.94 bits per heavy atom. The van der Waals surface area contributed by atoms with Gasteiger partial charge in [-0.3, -0.25) is 0 Å². The van der Waals surface area contributed by atoms with E-state index in [1.54, 1.807) is 12.1 Å². The molecule has 0 aromatic heterocycles. The number of benzene rings is 1. The second-order valence-corrected chi connectivity index (χ2v) is 4.85. The Morgan fingerprint density at radius 1 is 1.28 bits per heavy atom. The lowest BCUT2D eigenvalue weighted by Gasteiger charge is -2.20. The summed E-state index contributed by atoms with van der Waals surface area (Å²) < 4.78 is 13.1. The van der Waals surface area contributed by atoms with Gasteiger partial charge in [-0.2, -0.15) is 0 Å². The van der Waals surface area contributed by atoms with Crippen LogP contribution in [0.4, 0.5) is 4.39 Å². The number of aliphatic hydroxyl groups excluding tert-OH is 1. The molecule has 0 aliphatic rings. The summed E-state index contributed by atoms with van der Waals surface area (Å²) in [5, 5.41) is 13.2. The molecule has 0 aliphatic carbocycles. The number of aliphatic hydroxyl groups is 1. The van der Waals surface area contributed by atoms with Gasteiger partial charge in [-0.05, 0) is 36.1 Å². The van der Waals surface area contributed by atoms with Crippen LogP contribution in [-0.4, -0.2) is 17.8 Å². The average Bonchev–Trinajstić information content (AvgIpc) is 2.35. The van der Waals surface area contributed by atoms with Crippen molar-refractivity contribution in [2.75, 3.05) is 6.54 Å². The smallest absolute Gasteiger partial charge is 0.123 e. The van der Waals surface area contributed by atoms with Gasteiger partial charge in [-0.1, -0.05) is 32.8 Å². The first kappa shape index (κ1) is 15.1. The van der Waals surface area contributed by atoms with Crippen molar-refractivity contribution < 1.29 is 9.50 Å². The molecule has 0 fully saturated rings. The van der Waals surface area contributed by atoms with Crippen LogP contribution in [0.15, 0.2) is 18.2 Å². The van der Waals surface area contributed by atoms with Gasteiger partial charge in [-0.15, -0.1) is 0 Å². The molecular weight excluding hydrogens is 229 g/mol. The summed E-state index contributed by atoms with van der Waals surface area (Å²) in [6.45, 7) is 7.30. The summed E-state index contributed by atoms with van der Waals surface area (Å²) in [6, 6.07) is 4.80. The number of rotatable bonds is 7. The van der Waals surface area contributed by atoms with Gasteiger partial charge in [-0.25, -0.2) is 4.39 Å². The van der Waals surface area contributed by atoms with Gasteiger partial charge in [0.1, 0.15) is 5.82 Å². The molecule has 0 amide bonds. The number of nitrogens with one attached hydrogen (secondary N) is 1. The molecule has 0 radical (unpaired) electrons. The lowest BCUT2D eigenvalue weighted by molar-refractivity contribution is 0.101. The van der Waals surface area contributed by atoms with Crippen molar-refractivity contribution in [3.8, 4) is 0 Å².